The third-order valence-electron chi connectivity index (χ3n) is 12.3. The molecular weight excluding hydrogens is 767 g/mol. The Balaban J connectivity index is 1.42. The van der Waals surface area contributed by atoms with Crippen molar-refractivity contribution in [1.29, 1.82) is 0 Å². The second-order valence-corrected chi connectivity index (χ2v) is 59.7. The fourth-order valence-corrected chi connectivity index (χ4v) is 38.5. The molecule has 0 N–H and O–H groups in total. The minimum atomic E-state index is -4.77. The van der Waals surface area contributed by atoms with Crippen LogP contribution in [0.15, 0.2) is 96.6 Å². The molecule has 4 aromatic carbocycles. The molecule has 2 aliphatic carbocycles. The Bertz CT molecular complexity index is 1910. The molecule has 6 rings (SSSR count). The van der Waals surface area contributed by atoms with E-state index in [1.165, 1.54) is 113 Å². The van der Waals surface area contributed by atoms with Crippen LogP contribution in [0.2, 0.25) is 13.1 Å². The summed E-state index contributed by atoms with van der Waals surface area (Å²) in [5.74, 6) is -1.61. The third kappa shape index (κ3) is 7.76. The summed E-state index contributed by atoms with van der Waals surface area (Å²) in [4.78, 5) is 0. The van der Waals surface area contributed by atoms with Crippen LogP contribution >= 0.6 is 17.0 Å². The van der Waals surface area contributed by atoms with Gasteiger partial charge in [0, 0.05) is 0 Å². The molecule has 275 valence electrons. The molecule has 4 heteroatoms. The van der Waals surface area contributed by atoms with Gasteiger partial charge in [-0.15, -0.1) is 0 Å². The molecule has 2 atom stereocenters. The molecule has 2 aliphatic rings. The fourth-order valence-electron chi connectivity index (χ4n) is 9.04. The van der Waals surface area contributed by atoms with E-state index in [-0.39, 0.29) is 12.7 Å². The Morgan fingerprint density at radius 3 is 1.77 bits per heavy atom. The molecule has 0 radical (unpaired) electrons. The van der Waals surface area contributed by atoms with Crippen molar-refractivity contribution >= 4 is 35.1 Å². The SMILES string of the molecule is CCCCCCC1=Cc2c(-c3ccc(CCCCCC)cc3)cccc2[CH]1[Zr]([Cl])([Cl])([CH]1C=Cc2c(-c3ccc(C(C)(C)C)cc3)cccc21)[SiH](C)C. The molecule has 0 fully saturated rings. The first-order valence-corrected chi connectivity index (χ1v) is 36.6. The number of allylic oxidation sites excluding steroid dienone is 2. The molecule has 52 heavy (non-hydrogen) atoms. The molecule has 4 aromatic rings. The Labute approximate surface area is 324 Å². The molecule has 0 saturated carbocycles. The van der Waals surface area contributed by atoms with Gasteiger partial charge in [0.25, 0.3) is 0 Å². The molecular formula is C48H61Cl2SiZr. The Kier molecular flexibility index (Phi) is 12.5. The molecule has 0 bridgehead atoms. The van der Waals surface area contributed by atoms with E-state index in [4.69, 9.17) is 17.0 Å². The van der Waals surface area contributed by atoms with Crippen molar-refractivity contribution in [2.24, 2.45) is 0 Å². The predicted octanol–water partition coefficient (Wildman–Crippen LogP) is 15.6. The van der Waals surface area contributed by atoms with Crippen LogP contribution in [0.25, 0.3) is 34.4 Å². The number of rotatable bonds is 15. The number of benzene rings is 4. The van der Waals surface area contributed by atoms with Gasteiger partial charge in [-0.05, 0) is 0 Å². The van der Waals surface area contributed by atoms with E-state index in [0.717, 1.165) is 12.8 Å². The summed E-state index contributed by atoms with van der Waals surface area (Å²) in [6.07, 6.45) is 19.7. The summed E-state index contributed by atoms with van der Waals surface area (Å²) < 4.78 is 0.215. The van der Waals surface area contributed by atoms with Crippen LogP contribution in [0.1, 0.15) is 133 Å². The van der Waals surface area contributed by atoms with Crippen molar-refractivity contribution in [1.82, 2.24) is 0 Å². The zero-order valence-electron chi connectivity index (χ0n) is 32.9. The van der Waals surface area contributed by atoms with E-state index in [2.05, 4.69) is 151 Å². The van der Waals surface area contributed by atoms with Crippen molar-refractivity contribution in [3.63, 3.8) is 0 Å². The Hall–Kier alpha value is -1.96. The minimum absolute atomic E-state index is 0.0888. The number of fused-ring (bicyclic) bond motifs is 2. The van der Waals surface area contributed by atoms with E-state index in [0.29, 0.717) is 0 Å². The molecule has 0 heterocycles. The summed E-state index contributed by atoms with van der Waals surface area (Å²) in [5, 5.41) is 0. The van der Waals surface area contributed by atoms with Crippen molar-refractivity contribution in [2.45, 2.75) is 125 Å². The first-order chi connectivity index (χ1) is 24.9. The standard InChI is InChI=1S/C27H35.C19H19.C2H7Si.2ClH.Zr/c1-3-5-7-9-12-22-16-18-24(19-17-22)26-15-11-14-25-20-23(21-27(25)26)13-10-8-6-4-2;1-19(2,3)16-12-10-15(11-13-16)18-9-5-7-14-6-4-8-17(14)18;1-3-2;;;/h11,14-21H,3-10,12-13H2,1-2H3;4-13H,1-3H3;3H,1-2H3;2*1H;/q;;;;;+2/p-2. The number of halogens is 2. The third-order valence-corrected chi connectivity index (χ3v) is 64.3. The summed E-state index contributed by atoms with van der Waals surface area (Å²) in [6.45, 7) is 16.3. The van der Waals surface area contributed by atoms with E-state index in [9.17, 15) is 0 Å². The van der Waals surface area contributed by atoms with Crippen LogP contribution in [-0.2, 0) is 27.4 Å². The second-order valence-electron chi connectivity index (χ2n) is 17.1. The zero-order valence-corrected chi connectivity index (χ0v) is 38.0. The van der Waals surface area contributed by atoms with Crippen LogP contribution in [0.5, 0.6) is 0 Å². The van der Waals surface area contributed by atoms with Crippen LogP contribution in [-0.4, -0.2) is 5.92 Å². The van der Waals surface area contributed by atoms with Gasteiger partial charge in [0.2, 0.25) is 0 Å². The molecule has 0 aliphatic heterocycles. The second kappa shape index (κ2) is 16.4. The van der Waals surface area contributed by atoms with E-state index in [1.807, 2.05) is 0 Å². The van der Waals surface area contributed by atoms with Crippen LogP contribution in [0.4, 0.5) is 0 Å². The summed E-state index contributed by atoms with van der Waals surface area (Å²) >= 11 is -4.77. The van der Waals surface area contributed by atoms with Gasteiger partial charge >= 0.3 is 314 Å². The normalized spacial score (nSPS) is 17.6. The van der Waals surface area contributed by atoms with Crippen molar-refractivity contribution in [3.05, 3.63) is 130 Å². The topological polar surface area (TPSA) is 0 Å². The zero-order chi connectivity index (χ0) is 37.1. The average molecular weight is 828 g/mol. The predicted molar refractivity (Wildman–Crippen MR) is 232 cm³/mol. The molecule has 0 aromatic heterocycles. The molecule has 0 amide bonds. The van der Waals surface area contributed by atoms with Gasteiger partial charge in [-0.25, -0.2) is 0 Å². The van der Waals surface area contributed by atoms with Crippen LogP contribution in [0.3, 0.4) is 0 Å². The van der Waals surface area contributed by atoms with Gasteiger partial charge < -0.3 is 0 Å². The monoisotopic (exact) mass is 825 g/mol. The molecule has 0 spiro atoms. The average Bonchev–Trinajstić information content (AvgIpc) is 3.75. The Morgan fingerprint density at radius 2 is 1.19 bits per heavy atom. The number of aryl methyl sites for hydroxylation is 1. The fraction of sp³-hybridized carbons (Fsp3) is 0.417. The van der Waals surface area contributed by atoms with E-state index < -0.39 is 21.5 Å². The van der Waals surface area contributed by atoms with Crippen molar-refractivity contribution in [3.8, 4) is 22.3 Å². The first-order valence-electron chi connectivity index (χ1n) is 20.3. The summed E-state index contributed by atoms with van der Waals surface area (Å²) in [6, 6.07) is 32.4. The van der Waals surface area contributed by atoms with Crippen LogP contribution in [0, 0.1) is 0 Å². The van der Waals surface area contributed by atoms with Gasteiger partial charge in [0.15, 0.2) is 0 Å². The molecule has 0 nitrogen and oxygen atoms in total. The maximum absolute atomic E-state index is 8.64. The van der Waals surface area contributed by atoms with Crippen molar-refractivity contribution in [2.75, 3.05) is 0 Å². The number of hydrogen-bond donors (Lipinski definition) is 0. The van der Waals surface area contributed by atoms with E-state index >= 15 is 0 Å². The molecule has 0 saturated heterocycles. The van der Waals surface area contributed by atoms with Gasteiger partial charge in [-0.3, -0.25) is 0 Å². The summed E-state index contributed by atoms with van der Waals surface area (Å²) in [7, 11) is 17.3. The van der Waals surface area contributed by atoms with Gasteiger partial charge in [0.1, 0.15) is 0 Å². The van der Waals surface area contributed by atoms with Crippen molar-refractivity contribution < 1.29 is 15.6 Å². The van der Waals surface area contributed by atoms with Gasteiger partial charge in [0.05, 0.1) is 0 Å². The number of hydrogen-bond acceptors (Lipinski definition) is 0. The van der Waals surface area contributed by atoms with Gasteiger partial charge in [-0.2, -0.15) is 0 Å². The van der Waals surface area contributed by atoms with E-state index in [1.54, 1.807) is 0 Å². The summed E-state index contributed by atoms with van der Waals surface area (Å²) in [5.41, 5.74) is 15.0. The first kappa shape index (κ1) is 39.7. The van der Waals surface area contributed by atoms with Gasteiger partial charge in [-0.1, -0.05) is 13.3 Å². The number of unbranched alkanes of at least 4 members (excludes halogenated alkanes) is 6. The quantitative estimate of drug-likeness (QED) is 0.0827. The molecule has 2 unspecified atom stereocenters. The Morgan fingerprint density at radius 1 is 0.635 bits per heavy atom. The van der Waals surface area contributed by atoms with Crippen LogP contribution < -0.4 is 0 Å². The maximum atomic E-state index is 8.64.